The molecule has 0 spiro atoms. The lowest BCUT2D eigenvalue weighted by molar-refractivity contribution is -0.0787. The van der Waals surface area contributed by atoms with E-state index in [0.29, 0.717) is 22.3 Å². The smallest absolute Gasteiger partial charge is 0.252 e. The molecule has 132 valence electrons. The van der Waals surface area contributed by atoms with Crippen LogP contribution in [0.1, 0.15) is 41.9 Å². The van der Waals surface area contributed by atoms with Gasteiger partial charge < -0.3 is 15.5 Å². The molecule has 5 heteroatoms. The van der Waals surface area contributed by atoms with Crippen LogP contribution in [-0.2, 0) is 0 Å². The van der Waals surface area contributed by atoms with Crippen LogP contribution >= 0.6 is 0 Å². The predicted octanol–water partition coefficient (Wildman–Crippen LogP) is 2.21. The van der Waals surface area contributed by atoms with Crippen molar-refractivity contribution in [3.05, 3.63) is 22.9 Å². The molecule has 1 saturated carbocycles. The minimum atomic E-state index is -0.388. The molecular weight excluding hydrogens is 300 g/mol. The van der Waals surface area contributed by atoms with Crippen molar-refractivity contribution in [2.45, 2.75) is 34.1 Å². The third-order valence-corrected chi connectivity index (χ3v) is 6.04. The van der Waals surface area contributed by atoms with Crippen molar-refractivity contribution in [1.82, 2.24) is 9.88 Å². The maximum atomic E-state index is 12.0. The fourth-order valence-corrected chi connectivity index (χ4v) is 5.25. The molecular formula is C19H30N4O. The van der Waals surface area contributed by atoms with Crippen molar-refractivity contribution in [1.29, 1.82) is 0 Å². The first-order valence-electron chi connectivity index (χ1n) is 8.73. The van der Waals surface area contributed by atoms with E-state index in [9.17, 15) is 4.79 Å². The highest BCUT2D eigenvalue weighted by Crippen LogP contribution is 2.63. The average Bonchev–Trinajstić information content (AvgIpc) is 2.74. The van der Waals surface area contributed by atoms with Crippen LogP contribution in [0.5, 0.6) is 0 Å². The lowest BCUT2D eigenvalue weighted by atomic mass is 9.48. The number of hydrogen-bond acceptors (Lipinski definition) is 4. The van der Waals surface area contributed by atoms with E-state index in [1.54, 1.807) is 0 Å². The molecule has 1 aliphatic heterocycles. The number of carbonyl (C=O) groups is 1. The fourth-order valence-electron chi connectivity index (χ4n) is 5.25. The van der Waals surface area contributed by atoms with Crippen molar-refractivity contribution in [2.75, 3.05) is 38.6 Å². The number of pyridine rings is 1. The van der Waals surface area contributed by atoms with Gasteiger partial charge in [-0.15, -0.1) is 0 Å². The van der Waals surface area contributed by atoms with E-state index in [0.717, 1.165) is 36.7 Å². The Morgan fingerprint density at radius 2 is 2.08 bits per heavy atom. The van der Waals surface area contributed by atoms with E-state index in [1.165, 1.54) is 6.42 Å². The summed E-state index contributed by atoms with van der Waals surface area (Å²) in [5.41, 5.74) is 8.81. The second kappa shape index (κ2) is 5.45. The Morgan fingerprint density at radius 3 is 2.62 bits per heavy atom. The average molecular weight is 330 g/mol. The number of anilines is 1. The number of carbonyl (C=O) groups excluding carboxylic acids is 1. The first-order chi connectivity index (χ1) is 11.1. The Morgan fingerprint density at radius 1 is 1.42 bits per heavy atom. The van der Waals surface area contributed by atoms with Gasteiger partial charge in [0, 0.05) is 30.7 Å². The molecule has 0 unspecified atom stereocenters. The topological polar surface area (TPSA) is 62.5 Å². The van der Waals surface area contributed by atoms with E-state index in [-0.39, 0.29) is 5.91 Å². The summed E-state index contributed by atoms with van der Waals surface area (Å²) >= 11 is 0. The number of fused-ring (bicyclic) bond motifs is 1. The number of amides is 1. The normalized spacial score (nSPS) is 28.0. The zero-order valence-electron chi connectivity index (χ0n) is 15.8. The first-order valence-corrected chi connectivity index (χ1v) is 8.73. The number of rotatable bonds is 4. The Hall–Kier alpha value is -1.62. The number of nitrogens with two attached hydrogens (primary N) is 1. The molecule has 1 aliphatic carbocycles. The summed E-state index contributed by atoms with van der Waals surface area (Å²) in [5, 5.41) is 0. The monoisotopic (exact) mass is 330 g/mol. The zero-order chi connectivity index (χ0) is 17.9. The van der Waals surface area contributed by atoms with E-state index in [1.807, 2.05) is 19.9 Å². The van der Waals surface area contributed by atoms with Gasteiger partial charge in [0.1, 0.15) is 5.82 Å². The SMILES string of the molecule is Cc1cc(C(N)=O)c(N2C[C@@H]3C(C)(C)C[C@]3(CN(C)C)C2)nc1C. The van der Waals surface area contributed by atoms with Gasteiger partial charge in [-0.2, -0.15) is 0 Å². The summed E-state index contributed by atoms with van der Waals surface area (Å²) in [7, 11) is 4.28. The third-order valence-electron chi connectivity index (χ3n) is 6.04. The third kappa shape index (κ3) is 2.59. The molecule has 0 bridgehead atoms. The molecule has 5 nitrogen and oxygen atoms in total. The van der Waals surface area contributed by atoms with E-state index < -0.39 is 0 Å². The van der Waals surface area contributed by atoms with Crippen LogP contribution in [0.25, 0.3) is 0 Å². The Labute approximate surface area is 145 Å². The standard InChI is InChI=1S/C19H30N4O/c1-12-7-14(16(20)24)17(21-13(12)2)23-8-15-18(3,4)9-19(15,11-23)10-22(5)6/h7,15H,8-11H2,1-6H3,(H2,20,24)/t15-,19+/m1/s1. The number of primary amides is 1. The Kier molecular flexibility index (Phi) is 3.91. The maximum absolute atomic E-state index is 12.0. The van der Waals surface area contributed by atoms with Crippen molar-refractivity contribution < 1.29 is 4.79 Å². The van der Waals surface area contributed by atoms with Gasteiger partial charge in [-0.25, -0.2) is 4.98 Å². The van der Waals surface area contributed by atoms with E-state index in [4.69, 9.17) is 10.7 Å². The largest absolute Gasteiger partial charge is 0.365 e. The summed E-state index contributed by atoms with van der Waals surface area (Å²) in [6.45, 7) is 11.7. The molecule has 1 amide bonds. The molecule has 0 radical (unpaired) electrons. The highest BCUT2D eigenvalue weighted by atomic mass is 16.1. The van der Waals surface area contributed by atoms with Gasteiger partial charge in [0.05, 0.1) is 5.56 Å². The predicted molar refractivity (Wildman–Crippen MR) is 97.3 cm³/mol. The Balaban J connectivity index is 1.98. The fraction of sp³-hybridized carbons (Fsp3) is 0.684. The first kappa shape index (κ1) is 17.2. The molecule has 1 aromatic rings. The second-order valence-electron chi connectivity index (χ2n) is 8.82. The summed E-state index contributed by atoms with van der Waals surface area (Å²) in [4.78, 5) is 21.3. The van der Waals surface area contributed by atoms with Gasteiger partial charge in [-0.3, -0.25) is 4.79 Å². The van der Waals surface area contributed by atoms with Crippen molar-refractivity contribution >= 4 is 11.7 Å². The van der Waals surface area contributed by atoms with Crippen LogP contribution in [0.15, 0.2) is 6.07 Å². The lowest BCUT2D eigenvalue weighted by Gasteiger charge is -2.57. The molecule has 0 aromatic carbocycles. The maximum Gasteiger partial charge on any atom is 0.252 e. The van der Waals surface area contributed by atoms with Crippen molar-refractivity contribution in [2.24, 2.45) is 22.5 Å². The van der Waals surface area contributed by atoms with Gasteiger partial charge in [0.25, 0.3) is 5.91 Å². The highest BCUT2D eigenvalue weighted by molar-refractivity contribution is 5.98. The number of aryl methyl sites for hydroxylation is 2. The van der Waals surface area contributed by atoms with Crippen LogP contribution in [0.3, 0.4) is 0 Å². The van der Waals surface area contributed by atoms with Crippen LogP contribution in [0.4, 0.5) is 5.82 Å². The van der Waals surface area contributed by atoms with Crippen molar-refractivity contribution in [3.63, 3.8) is 0 Å². The minimum absolute atomic E-state index is 0.294. The van der Waals surface area contributed by atoms with Gasteiger partial charge in [-0.1, -0.05) is 13.8 Å². The number of aromatic nitrogens is 1. The van der Waals surface area contributed by atoms with Gasteiger partial charge in [0.15, 0.2) is 0 Å². The zero-order valence-corrected chi connectivity index (χ0v) is 15.8. The van der Waals surface area contributed by atoms with E-state index >= 15 is 0 Å². The molecule has 2 aliphatic rings. The van der Waals surface area contributed by atoms with Crippen LogP contribution in [-0.4, -0.2) is 49.5 Å². The van der Waals surface area contributed by atoms with Crippen molar-refractivity contribution in [3.8, 4) is 0 Å². The van der Waals surface area contributed by atoms with Gasteiger partial charge in [0.2, 0.25) is 0 Å². The summed E-state index contributed by atoms with van der Waals surface area (Å²) in [6.07, 6.45) is 1.22. The second-order valence-corrected chi connectivity index (χ2v) is 8.82. The van der Waals surface area contributed by atoms with Gasteiger partial charge in [-0.05, 0) is 57.3 Å². The lowest BCUT2D eigenvalue weighted by Crippen LogP contribution is -2.57. The van der Waals surface area contributed by atoms with Gasteiger partial charge >= 0.3 is 0 Å². The van der Waals surface area contributed by atoms with Crippen LogP contribution < -0.4 is 10.6 Å². The summed E-state index contributed by atoms with van der Waals surface area (Å²) < 4.78 is 0. The molecule has 1 aromatic heterocycles. The number of hydrogen-bond donors (Lipinski definition) is 1. The molecule has 2 fully saturated rings. The Bertz CT molecular complexity index is 678. The molecule has 3 rings (SSSR count). The van der Waals surface area contributed by atoms with E-state index in [2.05, 4.69) is 37.7 Å². The van der Waals surface area contributed by atoms with Crippen LogP contribution in [0.2, 0.25) is 0 Å². The molecule has 2 heterocycles. The number of nitrogens with zero attached hydrogens (tertiary/aromatic N) is 3. The molecule has 24 heavy (non-hydrogen) atoms. The summed E-state index contributed by atoms with van der Waals surface area (Å²) in [5.74, 6) is 1.01. The molecule has 2 atom stereocenters. The summed E-state index contributed by atoms with van der Waals surface area (Å²) in [6, 6.07) is 1.89. The molecule has 1 saturated heterocycles. The molecule has 2 N–H and O–H groups in total. The quantitative estimate of drug-likeness (QED) is 0.919. The minimum Gasteiger partial charge on any atom is -0.365 e. The highest BCUT2D eigenvalue weighted by Gasteiger charge is 2.62. The van der Waals surface area contributed by atoms with Crippen LogP contribution in [0, 0.1) is 30.6 Å².